The molecule has 6 nitrogen and oxygen atoms in total. The van der Waals surface area contributed by atoms with E-state index in [4.69, 9.17) is 9.57 Å². The fourth-order valence-electron chi connectivity index (χ4n) is 3.02. The fourth-order valence-corrected chi connectivity index (χ4v) is 3.02. The first kappa shape index (κ1) is 25.8. The van der Waals surface area contributed by atoms with Crippen LogP contribution in [0.1, 0.15) is 34.2 Å². The number of alkyl halides is 3. The highest BCUT2D eigenvalue weighted by molar-refractivity contribution is 5.91. The number of benzene rings is 2. The van der Waals surface area contributed by atoms with Crippen molar-refractivity contribution >= 4 is 5.91 Å². The van der Waals surface area contributed by atoms with Crippen molar-refractivity contribution in [2.24, 2.45) is 0 Å². The molecule has 0 N–H and O–H groups in total. The van der Waals surface area contributed by atoms with E-state index >= 15 is 0 Å². The van der Waals surface area contributed by atoms with Crippen LogP contribution >= 0.6 is 0 Å². The van der Waals surface area contributed by atoms with Crippen molar-refractivity contribution in [1.82, 2.24) is 10.0 Å². The van der Waals surface area contributed by atoms with Crippen LogP contribution < -0.4 is 4.74 Å². The second-order valence-electron chi connectivity index (χ2n) is 7.43. The van der Waals surface area contributed by atoms with Crippen molar-refractivity contribution in [3.05, 3.63) is 107 Å². The number of allylic oxidation sites excluding steroid dienone is 1. The topological polar surface area (TPSA) is 60.9 Å². The number of hydrogen-bond acceptors (Lipinski definition) is 5. The number of hydrogen-bond donors (Lipinski definition) is 0. The summed E-state index contributed by atoms with van der Waals surface area (Å²) >= 11 is 0. The lowest BCUT2D eigenvalue weighted by Gasteiger charge is -2.16. The lowest BCUT2D eigenvalue weighted by atomic mass is 10.1. The van der Waals surface area contributed by atoms with Crippen LogP contribution in [0.5, 0.6) is 5.75 Å². The molecular weight excluding hydrogens is 461 g/mol. The molecule has 0 unspecified atom stereocenters. The van der Waals surface area contributed by atoms with Gasteiger partial charge in [0.2, 0.25) is 5.76 Å². The molecule has 3 aromatic rings. The summed E-state index contributed by atoms with van der Waals surface area (Å²) in [6.07, 6.45) is -3.67. The number of nitrogens with zero attached hydrogens (tertiary/aromatic N) is 2. The number of carbonyl (C=O) groups excluding carboxylic acids is 1. The number of aromatic nitrogens is 1. The van der Waals surface area contributed by atoms with Crippen LogP contribution in [0.2, 0.25) is 0 Å². The lowest BCUT2D eigenvalue weighted by molar-refractivity contribution is -0.132. The van der Waals surface area contributed by atoms with E-state index in [1.54, 1.807) is 42.5 Å². The van der Waals surface area contributed by atoms with Crippen LogP contribution in [0.15, 0.2) is 84.8 Å². The highest BCUT2D eigenvalue weighted by Crippen LogP contribution is 2.27. The molecule has 1 aromatic heterocycles. The molecule has 0 saturated heterocycles. The Morgan fingerprint density at radius 2 is 1.69 bits per heavy atom. The third kappa shape index (κ3) is 7.86. The van der Waals surface area contributed by atoms with Gasteiger partial charge in [-0.1, -0.05) is 48.5 Å². The van der Waals surface area contributed by atoms with Crippen molar-refractivity contribution in [3.8, 4) is 5.75 Å². The van der Waals surface area contributed by atoms with Crippen LogP contribution in [0.25, 0.3) is 0 Å². The Morgan fingerprint density at radius 3 is 2.34 bits per heavy atom. The van der Waals surface area contributed by atoms with E-state index in [-0.39, 0.29) is 30.6 Å². The highest BCUT2D eigenvalue weighted by Gasteiger charge is 2.36. The number of amides is 1. The van der Waals surface area contributed by atoms with Gasteiger partial charge in [0.1, 0.15) is 24.3 Å². The van der Waals surface area contributed by atoms with E-state index in [0.29, 0.717) is 18.4 Å². The van der Waals surface area contributed by atoms with E-state index in [0.717, 1.165) is 16.2 Å². The van der Waals surface area contributed by atoms with Gasteiger partial charge in [-0.2, -0.15) is 13.2 Å². The predicted octanol–water partition coefficient (Wildman–Crippen LogP) is 5.70. The first-order chi connectivity index (χ1) is 16.8. The summed E-state index contributed by atoms with van der Waals surface area (Å²) in [5, 5.41) is 1.15. The minimum Gasteiger partial charge on any atom is -0.487 e. The van der Waals surface area contributed by atoms with Gasteiger partial charge in [-0.05, 0) is 42.3 Å². The largest absolute Gasteiger partial charge is 0.487 e. The Bertz CT molecular complexity index is 1130. The summed E-state index contributed by atoms with van der Waals surface area (Å²) in [6.45, 7) is 1.58. The first-order valence-electron chi connectivity index (χ1n) is 10.8. The number of pyridine rings is 1. The van der Waals surface area contributed by atoms with Gasteiger partial charge in [0.25, 0.3) is 5.91 Å². The normalized spacial score (nSPS) is 11.7. The summed E-state index contributed by atoms with van der Waals surface area (Å²) in [7, 11) is 1.53. The zero-order valence-corrected chi connectivity index (χ0v) is 19.3. The number of rotatable bonds is 10. The second kappa shape index (κ2) is 12.0. The molecule has 184 valence electrons. The van der Waals surface area contributed by atoms with E-state index in [2.05, 4.69) is 9.72 Å². The molecule has 3 rings (SSSR count). The highest BCUT2D eigenvalue weighted by atomic mass is 19.4. The maximum absolute atomic E-state index is 12.9. The second-order valence-corrected chi connectivity index (χ2v) is 7.43. The van der Waals surface area contributed by atoms with E-state index in [1.165, 1.54) is 14.0 Å². The fraction of sp³-hybridized carbons (Fsp3) is 0.231. The molecule has 0 fully saturated rings. The SMILES string of the molecule is CCO/C(=C\Oc1ccc(Cc2cccc(C(=O)N(C)OCc3ccccc3)n2)cc1)C(F)(F)F. The van der Waals surface area contributed by atoms with Crippen LogP contribution in [0.4, 0.5) is 13.2 Å². The van der Waals surface area contributed by atoms with Crippen molar-refractivity contribution in [2.45, 2.75) is 26.1 Å². The molecule has 0 saturated carbocycles. The van der Waals surface area contributed by atoms with Crippen LogP contribution in [-0.4, -0.2) is 35.8 Å². The average molecular weight is 486 g/mol. The zero-order chi connectivity index (χ0) is 25.3. The van der Waals surface area contributed by atoms with Gasteiger partial charge >= 0.3 is 6.18 Å². The quantitative estimate of drug-likeness (QED) is 0.272. The molecule has 2 aromatic carbocycles. The third-order valence-corrected chi connectivity index (χ3v) is 4.77. The number of hydroxylamine groups is 2. The van der Waals surface area contributed by atoms with Crippen molar-refractivity contribution in [3.63, 3.8) is 0 Å². The molecule has 35 heavy (non-hydrogen) atoms. The summed E-state index contributed by atoms with van der Waals surface area (Å²) in [5.74, 6) is -1.36. The van der Waals surface area contributed by atoms with E-state index in [9.17, 15) is 18.0 Å². The van der Waals surface area contributed by atoms with Gasteiger partial charge in [0.15, 0.2) is 0 Å². The summed E-state index contributed by atoms with van der Waals surface area (Å²) in [6, 6.07) is 21.1. The summed E-state index contributed by atoms with van der Waals surface area (Å²) < 4.78 is 48.3. The maximum Gasteiger partial charge on any atom is 0.452 e. The molecule has 9 heteroatoms. The van der Waals surface area contributed by atoms with Crippen LogP contribution in [0, 0.1) is 0 Å². The minimum absolute atomic E-state index is 0.128. The van der Waals surface area contributed by atoms with Gasteiger partial charge < -0.3 is 9.47 Å². The lowest BCUT2D eigenvalue weighted by Crippen LogP contribution is -2.27. The standard InChI is InChI=1S/C26H25F3N2O4/c1-3-33-24(26(27,28)29)18-34-22-14-12-19(13-15-22)16-21-10-7-11-23(30-21)25(32)31(2)35-17-20-8-5-4-6-9-20/h4-15,18H,3,16-17H2,1-2H3/b24-18-. The molecule has 0 radical (unpaired) electrons. The first-order valence-corrected chi connectivity index (χ1v) is 10.8. The molecule has 0 bridgehead atoms. The van der Waals surface area contributed by atoms with Gasteiger partial charge in [-0.3, -0.25) is 9.63 Å². The van der Waals surface area contributed by atoms with Crippen molar-refractivity contribution < 1.29 is 32.3 Å². The van der Waals surface area contributed by atoms with E-state index < -0.39 is 11.9 Å². The molecule has 1 amide bonds. The smallest absolute Gasteiger partial charge is 0.452 e. The van der Waals surface area contributed by atoms with Gasteiger partial charge in [0, 0.05) is 19.2 Å². The Morgan fingerprint density at radius 1 is 0.971 bits per heavy atom. The van der Waals surface area contributed by atoms with Gasteiger partial charge in [-0.15, -0.1) is 0 Å². The van der Waals surface area contributed by atoms with Gasteiger partial charge in [0.05, 0.1) is 6.61 Å². The number of halogens is 3. The molecule has 0 aliphatic heterocycles. The predicted molar refractivity (Wildman–Crippen MR) is 123 cm³/mol. The van der Waals surface area contributed by atoms with Crippen molar-refractivity contribution in [1.29, 1.82) is 0 Å². The van der Waals surface area contributed by atoms with Crippen molar-refractivity contribution in [2.75, 3.05) is 13.7 Å². The molecule has 0 spiro atoms. The third-order valence-electron chi connectivity index (χ3n) is 4.77. The molecule has 0 aliphatic rings. The number of carbonyl (C=O) groups is 1. The minimum atomic E-state index is -4.63. The molecule has 0 aliphatic carbocycles. The Kier molecular flexibility index (Phi) is 8.86. The van der Waals surface area contributed by atoms with E-state index in [1.807, 2.05) is 30.3 Å². The average Bonchev–Trinajstić information content (AvgIpc) is 2.85. The van der Waals surface area contributed by atoms with Gasteiger partial charge in [-0.25, -0.2) is 10.0 Å². The maximum atomic E-state index is 12.9. The Hall–Kier alpha value is -3.85. The molecule has 0 atom stereocenters. The molecular formula is C26H25F3N2O4. The summed E-state index contributed by atoms with van der Waals surface area (Å²) in [4.78, 5) is 22.6. The Labute approximate surface area is 201 Å². The zero-order valence-electron chi connectivity index (χ0n) is 19.3. The molecule has 1 heterocycles. The van der Waals surface area contributed by atoms with Crippen LogP contribution in [0.3, 0.4) is 0 Å². The summed E-state index contributed by atoms with van der Waals surface area (Å²) in [5.41, 5.74) is 2.66. The van der Waals surface area contributed by atoms with Crippen LogP contribution in [-0.2, 0) is 22.6 Å². The number of ether oxygens (including phenoxy) is 2. The Balaban J connectivity index is 1.60. The monoisotopic (exact) mass is 486 g/mol.